The van der Waals surface area contributed by atoms with Gasteiger partial charge in [0.25, 0.3) is 0 Å². The minimum atomic E-state index is -0.193. The Bertz CT molecular complexity index is 834. The maximum absolute atomic E-state index is 12.7. The Hall–Kier alpha value is -2.37. The number of carbonyl (C=O) groups is 1. The van der Waals surface area contributed by atoms with Crippen LogP contribution in [0.3, 0.4) is 0 Å². The topological polar surface area (TPSA) is 45.0 Å². The summed E-state index contributed by atoms with van der Waals surface area (Å²) >= 11 is 7.32. The molecule has 0 radical (unpaired) electrons. The smallest absolute Gasteiger partial charge is 0.242 e. The van der Waals surface area contributed by atoms with Gasteiger partial charge in [0.15, 0.2) is 5.17 Å². The Morgan fingerprint density at radius 2 is 1.88 bits per heavy atom. The number of benzene rings is 2. The first-order valence-corrected chi connectivity index (χ1v) is 9.42. The number of hydrogen-bond donors (Lipinski definition) is 0. The molecular weight excluding hydrogens is 366 g/mol. The van der Waals surface area contributed by atoms with E-state index in [2.05, 4.69) is 16.8 Å². The minimum absolute atomic E-state index is 0.0409. The summed E-state index contributed by atoms with van der Waals surface area (Å²) in [5.74, 6) is 0.0409. The molecule has 0 N–H and O–H groups in total. The van der Waals surface area contributed by atoms with E-state index in [1.807, 2.05) is 42.5 Å². The lowest BCUT2D eigenvalue weighted by molar-refractivity contribution is -0.125. The van der Waals surface area contributed by atoms with E-state index < -0.39 is 0 Å². The summed E-state index contributed by atoms with van der Waals surface area (Å²) < 4.78 is 0. The lowest BCUT2D eigenvalue weighted by atomic mass is 10.1. The van der Waals surface area contributed by atoms with Gasteiger partial charge in [0.05, 0.1) is 11.5 Å². The average Bonchev–Trinajstić information content (AvgIpc) is 2.94. The van der Waals surface area contributed by atoms with Crippen molar-refractivity contribution < 1.29 is 4.79 Å². The Balaban J connectivity index is 1.74. The van der Waals surface area contributed by atoms with Gasteiger partial charge in [0.2, 0.25) is 5.91 Å². The molecule has 2 aromatic carbocycles. The Kier molecular flexibility index (Phi) is 6.26. The summed E-state index contributed by atoms with van der Waals surface area (Å²) in [4.78, 5) is 14.3. The Morgan fingerprint density at radius 3 is 2.58 bits per heavy atom. The Morgan fingerprint density at radius 1 is 1.15 bits per heavy atom. The highest BCUT2D eigenvalue weighted by Gasteiger charge is 2.37. The molecule has 1 heterocycles. The maximum atomic E-state index is 12.7. The Labute approximate surface area is 162 Å². The van der Waals surface area contributed by atoms with Crippen LogP contribution in [0.2, 0.25) is 5.02 Å². The fourth-order valence-electron chi connectivity index (χ4n) is 2.53. The monoisotopic (exact) mass is 383 g/mol. The van der Waals surface area contributed by atoms with E-state index in [4.69, 9.17) is 11.6 Å². The van der Waals surface area contributed by atoms with Crippen LogP contribution in [0.15, 0.2) is 77.5 Å². The number of thioether (sulfide) groups is 1. The SMILES string of the molecule is C=CCN1C(=O)[C@H](Cc2ccccc2)S/C1=N\N=C/c1ccc(Cl)cc1. The number of amides is 1. The lowest BCUT2D eigenvalue weighted by Crippen LogP contribution is -2.32. The number of hydrogen-bond acceptors (Lipinski definition) is 4. The third-order valence-corrected chi connectivity index (χ3v) is 5.23. The minimum Gasteiger partial charge on any atom is -0.285 e. The van der Waals surface area contributed by atoms with E-state index in [0.717, 1.165) is 11.1 Å². The van der Waals surface area contributed by atoms with E-state index in [0.29, 0.717) is 23.2 Å². The molecule has 2 aromatic rings. The van der Waals surface area contributed by atoms with Crippen molar-refractivity contribution in [2.45, 2.75) is 11.7 Å². The van der Waals surface area contributed by atoms with Crippen LogP contribution in [0, 0.1) is 0 Å². The highest BCUT2D eigenvalue weighted by molar-refractivity contribution is 8.15. The normalized spacial score (nSPS) is 18.8. The molecule has 1 fully saturated rings. The van der Waals surface area contributed by atoms with Crippen molar-refractivity contribution in [2.75, 3.05) is 6.54 Å². The third kappa shape index (κ3) is 4.62. The van der Waals surface area contributed by atoms with Crippen molar-refractivity contribution >= 4 is 40.7 Å². The zero-order valence-corrected chi connectivity index (χ0v) is 15.7. The summed E-state index contributed by atoms with van der Waals surface area (Å²) in [6.07, 6.45) is 4.00. The summed E-state index contributed by atoms with van der Waals surface area (Å²) in [6, 6.07) is 17.3. The molecular formula is C20H18ClN3OS. The molecule has 0 unspecified atom stereocenters. The molecule has 0 spiro atoms. The molecule has 0 saturated carbocycles. The van der Waals surface area contributed by atoms with Gasteiger partial charge in [-0.05, 0) is 29.7 Å². The van der Waals surface area contributed by atoms with Gasteiger partial charge in [-0.1, -0.05) is 71.9 Å². The molecule has 1 aliphatic rings. The molecule has 26 heavy (non-hydrogen) atoms. The van der Waals surface area contributed by atoms with Gasteiger partial charge in [-0.3, -0.25) is 9.69 Å². The van der Waals surface area contributed by atoms with Crippen molar-refractivity contribution in [1.29, 1.82) is 0 Å². The molecule has 0 aliphatic carbocycles. The molecule has 1 amide bonds. The summed E-state index contributed by atoms with van der Waals surface area (Å²) in [5.41, 5.74) is 2.02. The van der Waals surface area contributed by atoms with Crippen LogP contribution in [-0.4, -0.2) is 34.0 Å². The fraction of sp³-hybridized carbons (Fsp3) is 0.150. The fourth-order valence-corrected chi connectivity index (χ4v) is 3.81. The van der Waals surface area contributed by atoms with Gasteiger partial charge < -0.3 is 0 Å². The van der Waals surface area contributed by atoms with Crippen LogP contribution in [0.25, 0.3) is 0 Å². The van der Waals surface area contributed by atoms with E-state index >= 15 is 0 Å². The molecule has 1 atom stereocenters. The van der Waals surface area contributed by atoms with Crippen molar-refractivity contribution in [3.8, 4) is 0 Å². The standard InChI is InChI=1S/C20H18ClN3OS/c1-2-12-24-19(25)18(13-15-6-4-3-5-7-15)26-20(24)23-22-14-16-8-10-17(21)11-9-16/h2-11,14,18H,1,12-13H2/b22-14-,23-20-/t18-/m0/s1. The van der Waals surface area contributed by atoms with Gasteiger partial charge in [-0.15, -0.1) is 11.7 Å². The number of amidine groups is 1. The number of carbonyl (C=O) groups excluding carboxylic acids is 1. The average molecular weight is 384 g/mol. The zero-order valence-electron chi connectivity index (χ0n) is 14.1. The quantitative estimate of drug-likeness (QED) is 0.421. The van der Waals surface area contributed by atoms with Gasteiger partial charge in [-0.25, -0.2) is 0 Å². The highest BCUT2D eigenvalue weighted by Crippen LogP contribution is 2.30. The van der Waals surface area contributed by atoms with Crippen LogP contribution >= 0.6 is 23.4 Å². The molecule has 1 aliphatic heterocycles. The first kappa shape index (κ1) is 18.4. The largest absolute Gasteiger partial charge is 0.285 e. The second kappa shape index (κ2) is 8.83. The van der Waals surface area contributed by atoms with Crippen molar-refractivity contribution in [1.82, 2.24) is 4.90 Å². The molecule has 0 bridgehead atoms. The summed E-state index contributed by atoms with van der Waals surface area (Å²) in [5, 5.41) is 9.47. The molecule has 132 valence electrons. The van der Waals surface area contributed by atoms with E-state index in [1.54, 1.807) is 29.3 Å². The van der Waals surface area contributed by atoms with Crippen LogP contribution < -0.4 is 0 Å². The van der Waals surface area contributed by atoms with Crippen LogP contribution in [0.4, 0.5) is 0 Å². The molecule has 4 nitrogen and oxygen atoms in total. The van der Waals surface area contributed by atoms with Crippen molar-refractivity contribution in [3.05, 3.63) is 83.4 Å². The van der Waals surface area contributed by atoms with Gasteiger partial charge in [0.1, 0.15) is 0 Å². The lowest BCUT2D eigenvalue weighted by Gasteiger charge is -2.12. The number of rotatable bonds is 6. The highest BCUT2D eigenvalue weighted by atomic mass is 35.5. The predicted octanol–water partition coefficient (Wildman–Crippen LogP) is 4.40. The number of halogens is 1. The second-order valence-electron chi connectivity index (χ2n) is 5.71. The predicted molar refractivity (Wildman–Crippen MR) is 110 cm³/mol. The van der Waals surface area contributed by atoms with Gasteiger partial charge in [0, 0.05) is 11.6 Å². The van der Waals surface area contributed by atoms with Crippen molar-refractivity contribution in [3.63, 3.8) is 0 Å². The molecule has 6 heteroatoms. The van der Waals surface area contributed by atoms with E-state index in [1.165, 1.54) is 11.8 Å². The summed E-state index contributed by atoms with van der Waals surface area (Å²) in [7, 11) is 0. The third-order valence-electron chi connectivity index (χ3n) is 3.82. The maximum Gasteiger partial charge on any atom is 0.242 e. The second-order valence-corrected chi connectivity index (χ2v) is 7.32. The zero-order chi connectivity index (χ0) is 18.4. The summed E-state index contributed by atoms with van der Waals surface area (Å²) in [6.45, 7) is 4.15. The first-order valence-electron chi connectivity index (χ1n) is 8.17. The molecule has 0 aromatic heterocycles. The molecule has 3 rings (SSSR count). The van der Waals surface area contributed by atoms with Gasteiger partial charge in [-0.2, -0.15) is 5.10 Å². The number of nitrogens with zero attached hydrogens (tertiary/aromatic N) is 3. The first-order chi connectivity index (χ1) is 12.7. The van der Waals surface area contributed by atoms with Crippen LogP contribution in [0.1, 0.15) is 11.1 Å². The van der Waals surface area contributed by atoms with Crippen LogP contribution in [0.5, 0.6) is 0 Å². The van der Waals surface area contributed by atoms with E-state index in [-0.39, 0.29) is 11.2 Å². The van der Waals surface area contributed by atoms with Crippen molar-refractivity contribution in [2.24, 2.45) is 10.2 Å². The van der Waals surface area contributed by atoms with E-state index in [9.17, 15) is 4.79 Å². The molecule has 1 saturated heterocycles. The van der Waals surface area contributed by atoms with Gasteiger partial charge >= 0.3 is 0 Å². The van der Waals surface area contributed by atoms with Crippen LogP contribution in [-0.2, 0) is 11.2 Å².